The van der Waals surface area contributed by atoms with E-state index in [-0.39, 0.29) is 0 Å². The maximum atomic E-state index is 4.83. The van der Waals surface area contributed by atoms with Crippen LogP contribution < -0.4 is 5.32 Å². The lowest BCUT2D eigenvalue weighted by molar-refractivity contribution is 0.194. The van der Waals surface area contributed by atoms with Crippen molar-refractivity contribution >= 4 is 0 Å². The summed E-state index contributed by atoms with van der Waals surface area (Å²) in [6.07, 6.45) is 4.88. The van der Waals surface area contributed by atoms with E-state index >= 15 is 0 Å². The molecule has 2 rings (SSSR count). The predicted molar refractivity (Wildman–Crippen MR) is 40.9 cm³/mol. The van der Waals surface area contributed by atoms with Crippen LogP contribution in [0.2, 0.25) is 0 Å². The highest BCUT2D eigenvalue weighted by atomic mass is 16.5. The number of rotatable bonds is 0. The Morgan fingerprint density at radius 2 is 2.09 bits per heavy atom. The minimum Gasteiger partial charge on any atom is -0.365 e. The van der Waals surface area contributed by atoms with Crippen molar-refractivity contribution in [2.75, 3.05) is 19.9 Å². The first-order chi connectivity index (χ1) is 5.50. The summed E-state index contributed by atoms with van der Waals surface area (Å²) in [5.74, 6) is 0. The van der Waals surface area contributed by atoms with Gasteiger partial charge in [-0.05, 0) is 6.07 Å². The monoisotopic (exact) mass is 153 g/mol. The number of aromatic nitrogens is 2. The molecule has 4 nitrogen and oxygen atoms in total. The molecule has 1 fully saturated rings. The van der Waals surface area contributed by atoms with Gasteiger partial charge in [-0.15, -0.1) is 0 Å². The molecule has 1 N–H and O–H groups in total. The molecule has 0 spiro atoms. The zero-order chi connectivity index (χ0) is 7.78. The zero-order valence-electron chi connectivity index (χ0n) is 6.23. The summed E-state index contributed by atoms with van der Waals surface area (Å²) >= 11 is 0. The molecule has 0 aromatic carbocycles. The van der Waals surface area contributed by atoms with Crippen LogP contribution in [0.4, 0.5) is 0 Å². The van der Waals surface area contributed by atoms with Crippen molar-refractivity contribution in [3.8, 4) is 0 Å². The van der Waals surface area contributed by atoms with Crippen molar-refractivity contribution in [3.63, 3.8) is 0 Å². The van der Waals surface area contributed by atoms with Crippen LogP contribution in [0.5, 0.6) is 0 Å². The molecule has 0 atom stereocenters. The van der Waals surface area contributed by atoms with Crippen LogP contribution in [0.15, 0.2) is 24.8 Å². The van der Waals surface area contributed by atoms with Gasteiger partial charge in [0.05, 0.1) is 13.3 Å². The highest BCUT2D eigenvalue weighted by Crippen LogP contribution is 1.75. The van der Waals surface area contributed by atoms with E-state index in [1.165, 1.54) is 6.33 Å². The summed E-state index contributed by atoms with van der Waals surface area (Å²) in [4.78, 5) is 7.35. The Morgan fingerprint density at radius 1 is 1.27 bits per heavy atom. The average molecular weight is 153 g/mol. The van der Waals surface area contributed by atoms with Crippen LogP contribution in [-0.2, 0) is 4.74 Å². The van der Waals surface area contributed by atoms with Crippen LogP contribution in [0, 0.1) is 0 Å². The minimum absolute atomic E-state index is 0.750. The van der Waals surface area contributed by atoms with Gasteiger partial charge in [-0.25, -0.2) is 9.97 Å². The maximum Gasteiger partial charge on any atom is 0.115 e. The maximum absolute atomic E-state index is 4.83. The standard InChI is InChI=1S/C4H4N2.C3H7NO/c1-2-5-4-6-3-1;1-2-5-3-4-1/h1-4H;4H,1-3H2. The molecule has 0 amide bonds. The van der Waals surface area contributed by atoms with Crippen molar-refractivity contribution in [1.82, 2.24) is 15.3 Å². The van der Waals surface area contributed by atoms with Gasteiger partial charge >= 0.3 is 0 Å². The Bertz CT molecular complexity index is 130. The molecular weight excluding hydrogens is 142 g/mol. The fourth-order valence-electron chi connectivity index (χ4n) is 0.614. The molecule has 1 aliphatic rings. The van der Waals surface area contributed by atoms with Crippen LogP contribution in [0.1, 0.15) is 0 Å². The Hall–Kier alpha value is -1.00. The summed E-state index contributed by atoms with van der Waals surface area (Å²) in [6.45, 7) is 2.67. The number of nitrogens with one attached hydrogen (secondary N) is 1. The fraction of sp³-hybridized carbons (Fsp3) is 0.429. The molecule has 4 heteroatoms. The molecule has 0 radical (unpaired) electrons. The van der Waals surface area contributed by atoms with Gasteiger partial charge in [0, 0.05) is 18.9 Å². The number of ether oxygens (including phenoxy) is 1. The lowest BCUT2D eigenvalue weighted by atomic mass is 10.7. The largest absolute Gasteiger partial charge is 0.365 e. The lowest BCUT2D eigenvalue weighted by Crippen LogP contribution is -2.05. The third kappa shape index (κ3) is 4.41. The molecule has 1 saturated heterocycles. The summed E-state index contributed by atoms with van der Waals surface area (Å²) in [7, 11) is 0. The van der Waals surface area contributed by atoms with Crippen LogP contribution in [0.3, 0.4) is 0 Å². The van der Waals surface area contributed by atoms with E-state index in [2.05, 4.69) is 15.3 Å². The molecule has 1 aromatic heterocycles. The van der Waals surface area contributed by atoms with E-state index in [0.717, 1.165) is 19.9 Å². The fourth-order valence-corrected chi connectivity index (χ4v) is 0.614. The second kappa shape index (κ2) is 5.76. The highest BCUT2D eigenvalue weighted by molar-refractivity contribution is 4.74. The Balaban J connectivity index is 0.000000112. The van der Waals surface area contributed by atoms with Gasteiger partial charge in [0.2, 0.25) is 0 Å². The van der Waals surface area contributed by atoms with E-state index in [1.807, 2.05) is 0 Å². The van der Waals surface area contributed by atoms with Gasteiger partial charge in [0.1, 0.15) is 6.33 Å². The summed E-state index contributed by atoms with van der Waals surface area (Å²) in [5.41, 5.74) is 0. The van der Waals surface area contributed by atoms with E-state index < -0.39 is 0 Å². The second-order valence-corrected chi connectivity index (χ2v) is 1.96. The zero-order valence-corrected chi connectivity index (χ0v) is 6.23. The van der Waals surface area contributed by atoms with Crippen molar-refractivity contribution < 1.29 is 4.74 Å². The Labute approximate surface area is 65.6 Å². The molecule has 1 aromatic rings. The van der Waals surface area contributed by atoms with Crippen molar-refractivity contribution in [3.05, 3.63) is 24.8 Å². The van der Waals surface area contributed by atoms with E-state index in [9.17, 15) is 0 Å². The summed E-state index contributed by atoms with van der Waals surface area (Å²) in [6, 6.07) is 1.78. The van der Waals surface area contributed by atoms with Gasteiger partial charge in [-0.1, -0.05) is 0 Å². The molecule has 0 bridgehead atoms. The van der Waals surface area contributed by atoms with Gasteiger partial charge in [0.15, 0.2) is 0 Å². The predicted octanol–water partition coefficient (Wildman–Crippen LogP) is 0.0403. The highest BCUT2D eigenvalue weighted by Gasteiger charge is 1.92. The summed E-state index contributed by atoms with van der Waals surface area (Å²) < 4.78 is 4.83. The third-order valence-electron chi connectivity index (χ3n) is 1.10. The molecule has 2 heterocycles. The minimum atomic E-state index is 0.750. The Kier molecular flexibility index (Phi) is 4.24. The second-order valence-electron chi connectivity index (χ2n) is 1.96. The van der Waals surface area contributed by atoms with E-state index in [4.69, 9.17) is 4.74 Å². The van der Waals surface area contributed by atoms with Crippen LogP contribution in [-0.4, -0.2) is 29.9 Å². The summed E-state index contributed by atoms with van der Waals surface area (Å²) in [5, 5.41) is 3.00. The topological polar surface area (TPSA) is 47.0 Å². The first kappa shape index (κ1) is 8.10. The van der Waals surface area contributed by atoms with Gasteiger partial charge in [-0.2, -0.15) is 0 Å². The van der Waals surface area contributed by atoms with Gasteiger partial charge in [-0.3, -0.25) is 5.32 Å². The van der Waals surface area contributed by atoms with Crippen molar-refractivity contribution in [2.45, 2.75) is 0 Å². The molecule has 60 valence electrons. The van der Waals surface area contributed by atoms with Crippen LogP contribution in [0.25, 0.3) is 0 Å². The average Bonchev–Trinajstić information content (AvgIpc) is 2.64. The molecule has 0 unspecified atom stereocenters. The first-order valence-corrected chi connectivity index (χ1v) is 3.48. The number of nitrogens with zero attached hydrogens (tertiary/aromatic N) is 2. The Morgan fingerprint density at radius 3 is 2.27 bits per heavy atom. The molecule has 1 aliphatic heterocycles. The molecule has 0 saturated carbocycles. The lowest BCUT2D eigenvalue weighted by Gasteiger charge is -1.76. The van der Waals surface area contributed by atoms with E-state index in [1.54, 1.807) is 18.5 Å². The normalized spacial score (nSPS) is 15.3. The smallest absolute Gasteiger partial charge is 0.115 e. The molecular formula is C7H11N3O. The van der Waals surface area contributed by atoms with E-state index in [0.29, 0.717) is 0 Å². The van der Waals surface area contributed by atoms with Gasteiger partial charge < -0.3 is 4.74 Å². The molecule has 0 aliphatic carbocycles. The van der Waals surface area contributed by atoms with Crippen molar-refractivity contribution in [1.29, 1.82) is 0 Å². The third-order valence-corrected chi connectivity index (χ3v) is 1.10. The van der Waals surface area contributed by atoms with Crippen LogP contribution >= 0.6 is 0 Å². The number of hydrogen-bond acceptors (Lipinski definition) is 4. The quantitative estimate of drug-likeness (QED) is 0.571. The van der Waals surface area contributed by atoms with Crippen molar-refractivity contribution in [2.24, 2.45) is 0 Å². The first-order valence-electron chi connectivity index (χ1n) is 3.48. The molecule has 11 heavy (non-hydrogen) atoms. The number of hydrogen-bond donors (Lipinski definition) is 1. The SMILES string of the molecule is C1COCN1.c1cncnc1. The van der Waals surface area contributed by atoms with Gasteiger partial charge in [0.25, 0.3) is 0 Å².